The minimum absolute atomic E-state index is 0.650. The third kappa shape index (κ3) is 3.25. The Bertz CT molecular complexity index is 450. The zero-order valence-electron chi connectivity index (χ0n) is 12.2. The van der Waals surface area contributed by atoms with Crippen LogP contribution in [0.5, 0.6) is 11.5 Å². The molecule has 1 saturated heterocycles. The highest BCUT2D eigenvalue weighted by Crippen LogP contribution is 2.33. The third-order valence-corrected chi connectivity index (χ3v) is 4.12. The van der Waals surface area contributed by atoms with E-state index in [2.05, 4.69) is 23.3 Å². The molecular weight excluding hydrogens is 252 g/mol. The van der Waals surface area contributed by atoms with Gasteiger partial charge in [-0.25, -0.2) is 0 Å². The van der Waals surface area contributed by atoms with Crippen molar-refractivity contribution in [3.8, 4) is 11.5 Å². The molecule has 3 rings (SSSR count). The van der Waals surface area contributed by atoms with Crippen molar-refractivity contribution in [2.24, 2.45) is 5.92 Å². The van der Waals surface area contributed by atoms with E-state index in [-0.39, 0.29) is 0 Å². The van der Waals surface area contributed by atoms with Crippen molar-refractivity contribution in [3.05, 3.63) is 23.8 Å². The van der Waals surface area contributed by atoms with Gasteiger partial charge in [0.1, 0.15) is 13.2 Å². The van der Waals surface area contributed by atoms with Gasteiger partial charge in [-0.1, -0.05) is 12.1 Å². The van der Waals surface area contributed by atoms with E-state index in [1.54, 1.807) is 0 Å². The van der Waals surface area contributed by atoms with Gasteiger partial charge in [0.05, 0.1) is 0 Å². The predicted molar refractivity (Wildman–Crippen MR) is 79.4 cm³/mol. The maximum Gasteiger partial charge on any atom is 0.165 e. The molecule has 0 radical (unpaired) electrons. The van der Waals surface area contributed by atoms with Crippen LogP contribution in [0.15, 0.2) is 18.2 Å². The van der Waals surface area contributed by atoms with Gasteiger partial charge in [0, 0.05) is 18.7 Å². The molecule has 4 nitrogen and oxygen atoms in total. The number of hydrogen-bond acceptors (Lipinski definition) is 4. The van der Waals surface area contributed by atoms with Gasteiger partial charge in [-0.05, 0) is 45.0 Å². The smallest absolute Gasteiger partial charge is 0.165 e. The Morgan fingerprint density at radius 3 is 3.10 bits per heavy atom. The standard InChI is InChI=1S/C16H24N2O2/c1-18-7-3-4-13(12-18)10-17-11-14-5-2-6-15-16(14)20-9-8-19-15/h2,5-6,13,17H,3-4,7-12H2,1H3/t13-/m1/s1. The number of nitrogens with zero attached hydrogens (tertiary/aromatic N) is 1. The first kappa shape index (κ1) is 13.7. The lowest BCUT2D eigenvalue weighted by Gasteiger charge is -2.30. The molecule has 4 heteroatoms. The first-order valence-corrected chi connectivity index (χ1v) is 7.59. The monoisotopic (exact) mass is 276 g/mol. The Morgan fingerprint density at radius 2 is 2.20 bits per heavy atom. The molecule has 0 amide bonds. The average Bonchev–Trinajstić information content (AvgIpc) is 2.48. The van der Waals surface area contributed by atoms with Gasteiger partial charge in [0.25, 0.3) is 0 Å². The average molecular weight is 276 g/mol. The van der Waals surface area contributed by atoms with Crippen molar-refractivity contribution in [1.82, 2.24) is 10.2 Å². The van der Waals surface area contributed by atoms with Crippen molar-refractivity contribution in [2.75, 3.05) is 39.9 Å². The molecule has 0 aromatic heterocycles. The lowest BCUT2D eigenvalue weighted by molar-refractivity contribution is 0.169. The molecule has 110 valence electrons. The summed E-state index contributed by atoms with van der Waals surface area (Å²) in [6.45, 7) is 5.69. The highest BCUT2D eigenvalue weighted by Gasteiger charge is 2.18. The van der Waals surface area contributed by atoms with E-state index in [1.807, 2.05) is 12.1 Å². The van der Waals surface area contributed by atoms with Crippen LogP contribution in [0.3, 0.4) is 0 Å². The van der Waals surface area contributed by atoms with Crippen molar-refractivity contribution in [1.29, 1.82) is 0 Å². The van der Waals surface area contributed by atoms with E-state index in [0.717, 1.165) is 30.5 Å². The molecule has 0 aliphatic carbocycles. The summed E-state index contributed by atoms with van der Waals surface area (Å²) in [6.07, 6.45) is 2.66. The summed E-state index contributed by atoms with van der Waals surface area (Å²) in [7, 11) is 2.21. The zero-order valence-corrected chi connectivity index (χ0v) is 12.2. The van der Waals surface area contributed by atoms with E-state index in [9.17, 15) is 0 Å². The minimum Gasteiger partial charge on any atom is -0.486 e. The van der Waals surface area contributed by atoms with Crippen molar-refractivity contribution >= 4 is 0 Å². The van der Waals surface area contributed by atoms with E-state index in [0.29, 0.717) is 13.2 Å². The highest BCUT2D eigenvalue weighted by molar-refractivity contribution is 5.47. The van der Waals surface area contributed by atoms with Gasteiger partial charge in [-0.15, -0.1) is 0 Å². The normalized spacial score (nSPS) is 22.8. The van der Waals surface area contributed by atoms with Crippen LogP contribution in [0.1, 0.15) is 18.4 Å². The lowest BCUT2D eigenvalue weighted by atomic mass is 9.98. The largest absolute Gasteiger partial charge is 0.486 e. The van der Waals surface area contributed by atoms with Crippen LogP contribution in [-0.2, 0) is 6.54 Å². The third-order valence-electron chi connectivity index (χ3n) is 4.12. The van der Waals surface area contributed by atoms with Gasteiger partial charge < -0.3 is 19.7 Å². The summed E-state index contributed by atoms with van der Waals surface area (Å²) in [6, 6.07) is 6.14. The molecule has 1 atom stereocenters. The number of likely N-dealkylation sites (tertiary alicyclic amines) is 1. The maximum absolute atomic E-state index is 5.74. The Morgan fingerprint density at radius 1 is 1.30 bits per heavy atom. The van der Waals surface area contributed by atoms with Gasteiger partial charge >= 0.3 is 0 Å². The number of hydrogen-bond donors (Lipinski definition) is 1. The lowest BCUT2D eigenvalue weighted by Crippen LogP contribution is -2.37. The number of ether oxygens (including phenoxy) is 2. The number of benzene rings is 1. The summed E-state index contributed by atoms with van der Waals surface area (Å²) >= 11 is 0. The van der Waals surface area contributed by atoms with Crippen LogP contribution < -0.4 is 14.8 Å². The number of fused-ring (bicyclic) bond motifs is 1. The van der Waals surface area contributed by atoms with Gasteiger partial charge in [0.15, 0.2) is 11.5 Å². The maximum atomic E-state index is 5.74. The van der Waals surface area contributed by atoms with Gasteiger partial charge in [-0.3, -0.25) is 0 Å². The molecule has 1 fully saturated rings. The second-order valence-corrected chi connectivity index (χ2v) is 5.84. The molecule has 2 aliphatic rings. The van der Waals surface area contributed by atoms with Crippen molar-refractivity contribution in [3.63, 3.8) is 0 Å². The Labute approximate surface area is 121 Å². The summed E-state index contributed by atoms with van der Waals surface area (Å²) in [5.74, 6) is 2.57. The fourth-order valence-electron chi connectivity index (χ4n) is 3.12. The Hall–Kier alpha value is -1.26. The van der Waals surface area contributed by atoms with E-state index >= 15 is 0 Å². The van der Waals surface area contributed by atoms with E-state index in [1.165, 1.54) is 31.5 Å². The number of rotatable bonds is 4. The van der Waals surface area contributed by atoms with Crippen LogP contribution >= 0.6 is 0 Å². The molecule has 20 heavy (non-hydrogen) atoms. The fourth-order valence-corrected chi connectivity index (χ4v) is 3.12. The second-order valence-electron chi connectivity index (χ2n) is 5.84. The minimum atomic E-state index is 0.650. The molecule has 2 aliphatic heterocycles. The van der Waals surface area contributed by atoms with Crippen LogP contribution in [0.25, 0.3) is 0 Å². The van der Waals surface area contributed by atoms with E-state index in [4.69, 9.17) is 9.47 Å². The second kappa shape index (κ2) is 6.46. The highest BCUT2D eigenvalue weighted by atomic mass is 16.6. The molecular formula is C16H24N2O2. The van der Waals surface area contributed by atoms with Crippen LogP contribution in [0.2, 0.25) is 0 Å². The topological polar surface area (TPSA) is 33.7 Å². The van der Waals surface area contributed by atoms with Gasteiger partial charge in [-0.2, -0.15) is 0 Å². The molecule has 1 N–H and O–H groups in total. The Balaban J connectivity index is 1.53. The molecule has 1 aromatic carbocycles. The summed E-state index contributed by atoms with van der Waals surface area (Å²) in [5.41, 5.74) is 1.20. The molecule has 0 saturated carbocycles. The SMILES string of the molecule is CN1CCC[C@H](CNCc2cccc3c2OCCO3)C1. The first-order valence-electron chi connectivity index (χ1n) is 7.59. The Kier molecular flexibility index (Phi) is 4.43. The number of para-hydroxylation sites is 1. The van der Waals surface area contributed by atoms with Crippen LogP contribution in [-0.4, -0.2) is 44.8 Å². The fraction of sp³-hybridized carbons (Fsp3) is 0.625. The quantitative estimate of drug-likeness (QED) is 0.910. The molecule has 0 spiro atoms. The summed E-state index contributed by atoms with van der Waals surface area (Å²) < 4.78 is 11.4. The summed E-state index contributed by atoms with van der Waals surface area (Å²) in [5, 5.41) is 3.58. The first-order chi connectivity index (χ1) is 9.83. The van der Waals surface area contributed by atoms with Crippen molar-refractivity contribution in [2.45, 2.75) is 19.4 Å². The molecule has 0 bridgehead atoms. The molecule has 1 aromatic rings. The van der Waals surface area contributed by atoms with E-state index < -0.39 is 0 Å². The number of piperidine rings is 1. The molecule has 0 unspecified atom stereocenters. The van der Waals surface area contributed by atoms with Crippen LogP contribution in [0, 0.1) is 5.92 Å². The summed E-state index contributed by atoms with van der Waals surface area (Å²) in [4.78, 5) is 2.43. The number of nitrogens with one attached hydrogen (secondary N) is 1. The van der Waals surface area contributed by atoms with Crippen LogP contribution in [0.4, 0.5) is 0 Å². The predicted octanol–water partition coefficient (Wildman–Crippen LogP) is 1.89. The molecule has 2 heterocycles. The van der Waals surface area contributed by atoms with Gasteiger partial charge in [0.2, 0.25) is 0 Å². The van der Waals surface area contributed by atoms with Crippen molar-refractivity contribution < 1.29 is 9.47 Å². The zero-order chi connectivity index (χ0) is 13.8.